The molecular formula is C22H23N3O3. The maximum atomic E-state index is 12.7. The van der Waals surface area contributed by atoms with Crippen LogP contribution in [0.4, 0.5) is 0 Å². The van der Waals surface area contributed by atoms with Gasteiger partial charge in [0.15, 0.2) is 0 Å². The number of ether oxygens (including phenoxy) is 1. The first kappa shape index (κ1) is 18.1. The fourth-order valence-electron chi connectivity index (χ4n) is 3.68. The molecule has 4 rings (SSSR count). The van der Waals surface area contributed by atoms with E-state index in [0.717, 1.165) is 17.3 Å². The van der Waals surface area contributed by atoms with Crippen LogP contribution in [-0.4, -0.2) is 41.4 Å². The quantitative estimate of drug-likeness (QED) is 0.718. The van der Waals surface area contributed by atoms with Crippen LogP contribution in [-0.2, 0) is 17.8 Å². The highest BCUT2D eigenvalue weighted by Crippen LogP contribution is 2.27. The number of rotatable bonds is 5. The Morgan fingerprint density at radius 2 is 1.93 bits per heavy atom. The van der Waals surface area contributed by atoms with Crippen LogP contribution >= 0.6 is 0 Å². The first-order chi connectivity index (χ1) is 13.7. The van der Waals surface area contributed by atoms with Gasteiger partial charge in [-0.3, -0.25) is 9.59 Å². The SMILES string of the molecule is CCOc1ccccc1C(=O)NCC(=O)N1CCc2[nH]c3ccccc3c2C1. The summed E-state index contributed by atoms with van der Waals surface area (Å²) in [7, 11) is 0. The van der Waals surface area contributed by atoms with Gasteiger partial charge in [0.25, 0.3) is 5.91 Å². The van der Waals surface area contributed by atoms with Crippen molar-refractivity contribution in [2.75, 3.05) is 19.7 Å². The molecule has 1 aromatic heterocycles. The molecule has 0 unspecified atom stereocenters. The molecule has 144 valence electrons. The summed E-state index contributed by atoms with van der Waals surface area (Å²) in [6.45, 7) is 3.52. The molecule has 0 saturated carbocycles. The van der Waals surface area contributed by atoms with Crippen molar-refractivity contribution in [2.45, 2.75) is 19.9 Å². The summed E-state index contributed by atoms with van der Waals surface area (Å²) in [6, 6.07) is 15.2. The van der Waals surface area contributed by atoms with Crippen molar-refractivity contribution < 1.29 is 14.3 Å². The number of amides is 2. The van der Waals surface area contributed by atoms with Crippen molar-refractivity contribution in [3.63, 3.8) is 0 Å². The first-order valence-corrected chi connectivity index (χ1v) is 9.53. The van der Waals surface area contributed by atoms with E-state index in [1.165, 1.54) is 11.3 Å². The van der Waals surface area contributed by atoms with Gasteiger partial charge in [-0.25, -0.2) is 0 Å². The highest BCUT2D eigenvalue weighted by atomic mass is 16.5. The Kier molecular flexibility index (Phi) is 5.02. The molecule has 3 aromatic rings. The predicted molar refractivity (Wildman–Crippen MR) is 107 cm³/mol. The van der Waals surface area contributed by atoms with Gasteiger partial charge in [-0.15, -0.1) is 0 Å². The molecule has 1 aliphatic heterocycles. The van der Waals surface area contributed by atoms with Gasteiger partial charge in [-0.1, -0.05) is 30.3 Å². The molecule has 1 aliphatic rings. The van der Waals surface area contributed by atoms with Crippen LogP contribution in [0.15, 0.2) is 48.5 Å². The molecule has 0 bridgehead atoms. The molecule has 2 heterocycles. The molecule has 6 heteroatoms. The molecule has 0 fully saturated rings. The number of hydrogen-bond donors (Lipinski definition) is 2. The molecule has 2 amide bonds. The van der Waals surface area contributed by atoms with Gasteiger partial charge in [0, 0.05) is 41.7 Å². The Balaban J connectivity index is 1.42. The van der Waals surface area contributed by atoms with E-state index >= 15 is 0 Å². The van der Waals surface area contributed by atoms with Crippen LogP contribution in [0, 0.1) is 0 Å². The van der Waals surface area contributed by atoms with E-state index in [1.807, 2.05) is 25.1 Å². The zero-order valence-corrected chi connectivity index (χ0v) is 15.8. The predicted octanol–water partition coefficient (Wildman–Crippen LogP) is 2.88. The van der Waals surface area contributed by atoms with E-state index in [0.29, 0.717) is 31.0 Å². The Morgan fingerprint density at radius 1 is 1.14 bits per heavy atom. The van der Waals surface area contributed by atoms with Crippen molar-refractivity contribution in [3.05, 3.63) is 65.4 Å². The molecule has 0 saturated heterocycles. The number of nitrogens with zero attached hydrogens (tertiary/aromatic N) is 1. The average Bonchev–Trinajstić information content (AvgIpc) is 3.10. The second kappa shape index (κ2) is 7.76. The topological polar surface area (TPSA) is 74.4 Å². The van der Waals surface area contributed by atoms with Crippen molar-refractivity contribution in [3.8, 4) is 5.75 Å². The van der Waals surface area contributed by atoms with E-state index in [2.05, 4.69) is 22.4 Å². The molecule has 0 atom stereocenters. The highest BCUT2D eigenvalue weighted by molar-refractivity contribution is 5.98. The monoisotopic (exact) mass is 377 g/mol. The molecular weight excluding hydrogens is 354 g/mol. The van der Waals surface area contributed by atoms with Gasteiger partial charge >= 0.3 is 0 Å². The van der Waals surface area contributed by atoms with Gasteiger partial charge in [0.05, 0.1) is 18.7 Å². The van der Waals surface area contributed by atoms with Gasteiger partial charge in [0.1, 0.15) is 5.75 Å². The fraction of sp³-hybridized carbons (Fsp3) is 0.273. The van der Waals surface area contributed by atoms with Crippen molar-refractivity contribution >= 4 is 22.7 Å². The van der Waals surface area contributed by atoms with Crippen LogP contribution < -0.4 is 10.1 Å². The average molecular weight is 377 g/mol. The largest absolute Gasteiger partial charge is 0.493 e. The van der Waals surface area contributed by atoms with Gasteiger partial charge in [0.2, 0.25) is 5.91 Å². The number of benzene rings is 2. The summed E-state index contributed by atoms with van der Waals surface area (Å²) in [5.74, 6) is 0.136. The molecule has 0 radical (unpaired) electrons. The molecule has 28 heavy (non-hydrogen) atoms. The number of nitrogens with one attached hydrogen (secondary N) is 2. The number of aromatic amines is 1. The summed E-state index contributed by atoms with van der Waals surface area (Å²) in [6.07, 6.45) is 0.789. The van der Waals surface area contributed by atoms with Crippen LogP contribution in [0.5, 0.6) is 5.75 Å². The first-order valence-electron chi connectivity index (χ1n) is 9.53. The van der Waals surface area contributed by atoms with E-state index in [4.69, 9.17) is 4.74 Å². The minimum Gasteiger partial charge on any atom is -0.493 e. The summed E-state index contributed by atoms with van der Waals surface area (Å²) < 4.78 is 5.49. The maximum absolute atomic E-state index is 12.7. The van der Waals surface area contributed by atoms with Gasteiger partial charge in [-0.05, 0) is 25.1 Å². The van der Waals surface area contributed by atoms with E-state index in [9.17, 15) is 9.59 Å². The Bertz CT molecular complexity index is 1020. The lowest BCUT2D eigenvalue weighted by Crippen LogP contribution is -2.42. The number of aromatic nitrogens is 1. The van der Waals surface area contributed by atoms with E-state index in [-0.39, 0.29) is 18.4 Å². The zero-order valence-electron chi connectivity index (χ0n) is 15.8. The number of carbonyl (C=O) groups excluding carboxylic acids is 2. The maximum Gasteiger partial charge on any atom is 0.255 e. The Hall–Kier alpha value is -3.28. The number of para-hydroxylation sites is 2. The second-order valence-electron chi connectivity index (χ2n) is 6.80. The Morgan fingerprint density at radius 3 is 2.79 bits per heavy atom. The third-order valence-corrected chi connectivity index (χ3v) is 5.07. The minimum absolute atomic E-state index is 0.0308. The summed E-state index contributed by atoms with van der Waals surface area (Å²) >= 11 is 0. The van der Waals surface area contributed by atoms with Crippen LogP contribution in [0.1, 0.15) is 28.5 Å². The molecule has 0 spiro atoms. The number of H-pyrrole nitrogens is 1. The minimum atomic E-state index is -0.304. The fourth-order valence-corrected chi connectivity index (χ4v) is 3.68. The van der Waals surface area contributed by atoms with Gasteiger partial charge in [-0.2, -0.15) is 0 Å². The lowest BCUT2D eigenvalue weighted by atomic mass is 10.0. The van der Waals surface area contributed by atoms with Gasteiger partial charge < -0.3 is 19.9 Å². The van der Waals surface area contributed by atoms with Crippen molar-refractivity contribution in [2.24, 2.45) is 0 Å². The van der Waals surface area contributed by atoms with Crippen molar-refractivity contribution in [1.29, 1.82) is 0 Å². The Labute approximate surface area is 163 Å². The summed E-state index contributed by atoms with van der Waals surface area (Å²) in [5, 5.41) is 3.89. The number of hydrogen-bond acceptors (Lipinski definition) is 3. The second-order valence-corrected chi connectivity index (χ2v) is 6.80. The molecule has 2 aromatic carbocycles. The standard InChI is InChI=1S/C22H23N3O3/c1-2-28-20-10-6-4-8-16(20)22(27)23-13-21(26)25-12-11-19-17(14-25)15-7-3-5-9-18(15)24-19/h3-10,24H,2,11-14H2,1H3,(H,23,27). The van der Waals surface area contributed by atoms with E-state index in [1.54, 1.807) is 23.1 Å². The number of fused-ring (bicyclic) bond motifs is 3. The van der Waals surface area contributed by atoms with Crippen molar-refractivity contribution in [1.82, 2.24) is 15.2 Å². The third kappa shape index (κ3) is 3.45. The zero-order chi connectivity index (χ0) is 19.5. The lowest BCUT2D eigenvalue weighted by Gasteiger charge is -2.27. The van der Waals surface area contributed by atoms with Crippen LogP contribution in [0.3, 0.4) is 0 Å². The third-order valence-electron chi connectivity index (χ3n) is 5.07. The highest BCUT2D eigenvalue weighted by Gasteiger charge is 2.24. The van der Waals surface area contributed by atoms with E-state index < -0.39 is 0 Å². The molecule has 2 N–H and O–H groups in total. The smallest absolute Gasteiger partial charge is 0.255 e. The summed E-state index contributed by atoms with van der Waals surface area (Å²) in [5.41, 5.74) is 3.90. The summed E-state index contributed by atoms with van der Waals surface area (Å²) in [4.78, 5) is 30.4. The lowest BCUT2D eigenvalue weighted by molar-refractivity contribution is -0.131. The van der Waals surface area contributed by atoms with Crippen LogP contribution in [0.25, 0.3) is 10.9 Å². The number of carbonyl (C=O) groups is 2. The molecule has 6 nitrogen and oxygen atoms in total. The molecule has 0 aliphatic carbocycles. The normalized spacial score (nSPS) is 13.2. The van der Waals surface area contributed by atoms with Crippen LogP contribution in [0.2, 0.25) is 0 Å².